The van der Waals surface area contributed by atoms with Crippen molar-refractivity contribution in [2.24, 2.45) is 0 Å². The molecule has 0 radical (unpaired) electrons. The van der Waals surface area contributed by atoms with Crippen molar-refractivity contribution < 1.29 is 17.9 Å². The van der Waals surface area contributed by atoms with Crippen molar-refractivity contribution in [1.29, 1.82) is 0 Å². The van der Waals surface area contributed by atoms with Crippen LogP contribution in [0.5, 0.6) is 0 Å². The van der Waals surface area contributed by atoms with Crippen LogP contribution in [0.15, 0.2) is 70.9 Å². The molecule has 33 heavy (non-hydrogen) atoms. The lowest BCUT2D eigenvalue weighted by molar-refractivity contribution is -0.00521. The number of carbonyl (C=O) groups is 1. The third-order valence-electron chi connectivity index (χ3n) is 5.35. The summed E-state index contributed by atoms with van der Waals surface area (Å²) in [5.41, 5.74) is 2.14. The molecule has 1 amide bonds. The van der Waals surface area contributed by atoms with Crippen molar-refractivity contribution >= 4 is 38.6 Å². The molecule has 0 aliphatic carbocycles. The normalized spacial score (nSPS) is 18.8. The van der Waals surface area contributed by atoms with E-state index < -0.39 is 10.0 Å². The Morgan fingerprint density at radius 3 is 2.30 bits per heavy atom. The molecule has 2 aromatic carbocycles. The molecule has 2 heterocycles. The van der Waals surface area contributed by atoms with Gasteiger partial charge in [-0.2, -0.15) is 0 Å². The van der Waals surface area contributed by atoms with Gasteiger partial charge in [0, 0.05) is 41.4 Å². The summed E-state index contributed by atoms with van der Waals surface area (Å²) in [6.07, 6.45) is 0.344. The summed E-state index contributed by atoms with van der Waals surface area (Å²) < 4.78 is 33.3. The summed E-state index contributed by atoms with van der Waals surface area (Å²) in [4.78, 5) is 15.9. The summed E-state index contributed by atoms with van der Waals surface area (Å²) >= 11 is 1.49. The fourth-order valence-electron chi connectivity index (χ4n) is 3.80. The van der Waals surface area contributed by atoms with Crippen LogP contribution < -0.4 is 14.9 Å². The number of hydrogen-bond acceptors (Lipinski definition) is 6. The van der Waals surface area contributed by atoms with Gasteiger partial charge in [0.2, 0.25) is 10.0 Å². The highest BCUT2D eigenvalue weighted by molar-refractivity contribution is 7.89. The van der Waals surface area contributed by atoms with Crippen LogP contribution in [0.3, 0.4) is 0 Å². The van der Waals surface area contributed by atoms with Crippen molar-refractivity contribution in [1.82, 2.24) is 4.72 Å². The zero-order chi connectivity index (χ0) is 23.4. The summed E-state index contributed by atoms with van der Waals surface area (Å²) in [6.45, 7) is 6.02. The number of rotatable bonds is 7. The average molecular weight is 486 g/mol. The molecule has 3 aromatic rings. The van der Waals surface area contributed by atoms with Crippen molar-refractivity contribution in [3.05, 3.63) is 76.5 Å². The quantitative estimate of drug-likeness (QED) is 0.526. The lowest BCUT2D eigenvalue weighted by Gasteiger charge is -2.36. The Morgan fingerprint density at radius 2 is 1.70 bits per heavy atom. The minimum Gasteiger partial charge on any atom is -0.372 e. The number of hydrogen-bond donors (Lipinski definition) is 2. The predicted octanol–water partition coefficient (Wildman–Crippen LogP) is 4.09. The van der Waals surface area contributed by atoms with Gasteiger partial charge in [0.15, 0.2) is 0 Å². The maximum atomic E-state index is 12.6. The molecule has 7 nitrogen and oxygen atoms in total. The third kappa shape index (κ3) is 6.00. The number of amides is 1. The third-order valence-corrected chi connectivity index (χ3v) is 7.65. The number of morpholine rings is 1. The van der Waals surface area contributed by atoms with Crippen LogP contribution >= 0.6 is 11.3 Å². The second kappa shape index (κ2) is 10.0. The van der Waals surface area contributed by atoms with E-state index in [9.17, 15) is 13.2 Å². The molecule has 0 saturated carbocycles. The predicted molar refractivity (Wildman–Crippen MR) is 131 cm³/mol. The Labute approximate surface area is 198 Å². The first-order valence-corrected chi connectivity index (χ1v) is 13.1. The summed E-state index contributed by atoms with van der Waals surface area (Å²) in [5.74, 6) is -0.299. The van der Waals surface area contributed by atoms with Crippen LogP contribution in [0, 0.1) is 0 Å². The fourth-order valence-corrected chi connectivity index (χ4v) is 5.54. The first-order valence-electron chi connectivity index (χ1n) is 10.7. The highest BCUT2D eigenvalue weighted by atomic mass is 32.2. The SMILES string of the molecule is CC1CN(c2ccc(NC(=O)c3ccc(S(=O)(=O)NCc4cccs4)cc3)cc2)CC(C)O1. The van der Waals surface area contributed by atoms with E-state index >= 15 is 0 Å². The van der Waals surface area contributed by atoms with E-state index in [0.717, 1.165) is 23.7 Å². The maximum absolute atomic E-state index is 12.6. The van der Waals surface area contributed by atoms with Gasteiger partial charge in [-0.3, -0.25) is 4.79 Å². The van der Waals surface area contributed by atoms with Crippen LogP contribution in [0.25, 0.3) is 0 Å². The lowest BCUT2D eigenvalue weighted by atomic mass is 10.1. The number of benzene rings is 2. The van der Waals surface area contributed by atoms with E-state index in [-0.39, 0.29) is 29.6 Å². The first-order chi connectivity index (χ1) is 15.8. The Hall–Kier alpha value is -2.72. The summed E-state index contributed by atoms with van der Waals surface area (Å²) in [6, 6.07) is 17.3. The van der Waals surface area contributed by atoms with Gasteiger partial charge >= 0.3 is 0 Å². The summed E-state index contributed by atoms with van der Waals surface area (Å²) in [7, 11) is -3.65. The Kier molecular flexibility index (Phi) is 7.14. The standard InChI is InChI=1S/C24H27N3O4S2/c1-17-15-27(16-18(2)31-17)21-9-7-20(8-10-21)26-24(28)19-5-11-23(12-6-19)33(29,30)25-14-22-4-3-13-32-22/h3-13,17-18,25H,14-16H2,1-2H3,(H,26,28). The number of thiophene rings is 1. The molecule has 2 N–H and O–H groups in total. The molecule has 1 aromatic heterocycles. The van der Waals surface area contributed by atoms with E-state index in [4.69, 9.17) is 4.74 Å². The van der Waals surface area contributed by atoms with E-state index in [1.54, 1.807) is 0 Å². The molecule has 1 aliphatic heterocycles. The van der Waals surface area contributed by atoms with E-state index in [1.165, 1.54) is 35.6 Å². The monoisotopic (exact) mass is 485 g/mol. The number of carbonyl (C=O) groups excluding carboxylic acids is 1. The van der Waals surface area contributed by atoms with Crippen molar-refractivity contribution in [2.75, 3.05) is 23.3 Å². The average Bonchev–Trinajstić information content (AvgIpc) is 3.32. The number of anilines is 2. The van der Waals surface area contributed by atoms with Gasteiger partial charge in [0.25, 0.3) is 5.91 Å². The molecule has 1 aliphatic rings. The fraction of sp³-hybridized carbons (Fsp3) is 0.292. The lowest BCUT2D eigenvalue weighted by Crippen LogP contribution is -2.45. The van der Waals surface area contributed by atoms with Crippen LogP contribution in [0.4, 0.5) is 11.4 Å². The zero-order valence-corrected chi connectivity index (χ0v) is 20.2. The Bertz CT molecular complexity index is 1170. The number of nitrogens with zero attached hydrogens (tertiary/aromatic N) is 1. The number of nitrogens with one attached hydrogen (secondary N) is 2. The van der Waals surface area contributed by atoms with Crippen LogP contribution in [0.2, 0.25) is 0 Å². The van der Waals surface area contributed by atoms with Gasteiger partial charge in [-0.05, 0) is 73.8 Å². The molecular formula is C24H27N3O4S2. The molecule has 0 spiro atoms. The summed E-state index contributed by atoms with van der Waals surface area (Å²) in [5, 5.41) is 4.76. The van der Waals surface area contributed by atoms with E-state index in [1.807, 2.05) is 41.8 Å². The first kappa shape index (κ1) is 23.4. The number of sulfonamides is 1. The van der Waals surface area contributed by atoms with Gasteiger partial charge in [-0.1, -0.05) is 6.07 Å². The number of ether oxygens (including phenoxy) is 1. The largest absolute Gasteiger partial charge is 0.372 e. The Morgan fingerprint density at radius 1 is 1.03 bits per heavy atom. The molecule has 0 bridgehead atoms. The molecular weight excluding hydrogens is 458 g/mol. The molecule has 2 unspecified atom stereocenters. The highest BCUT2D eigenvalue weighted by Crippen LogP contribution is 2.23. The van der Waals surface area contributed by atoms with Gasteiger partial charge in [0.1, 0.15) is 0 Å². The highest BCUT2D eigenvalue weighted by Gasteiger charge is 2.22. The van der Waals surface area contributed by atoms with Crippen molar-refractivity contribution in [3.63, 3.8) is 0 Å². The van der Waals surface area contributed by atoms with Gasteiger partial charge in [-0.25, -0.2) is 13.1 Å². The molecule has 2 atom stereocenters. The maximum Gasteiger partial charge on any atom is 0.255 e. The second-order valence-electron chi connectivity index (χ2n) is 8.09. The smallest absolute Gasteiger partial charge is 0.255 e. The van der Waals surface area contributed by atoms with Gasteiger partial charge in [0.05, 0.1) is 17.1 Å². The topological polar surface area (TPSA) is 87.7 Å². The zero-order valence-electron chi connectivity index (χ0n) is 18.5. The Balaban J connectivity index is 1.36. The molecule has 174 valence electrons. The molecule has 1 fully saturated rings. The van der Waals surface area contributed by atoms with E-state index in [0.29, 0.717) is 11.3 Å². The van der Waals surface area contributed by atoms with E-state index in [2.05, 4.69) is 28.8 Å². The molecule has 4 rings (SSSR count). The van der Waals surface area contributed by atoms with Crippen LogP contribution in [-0.2, 0) is 21.3 Å². The van der Waals surface area contributed by atoms with Crippen molar-refractivity contribution in [3.8, 4) is 0 Å². The van der Waals surface area contributed by atoms with Crippen LogP contribution in [0.1, 0.15) is 29.1 Å². The van der Waals surface area contributed by atoms with Crippen molar-refractivity contribution in [2.45, 2.75) is 37.5 Å². The molecule has 1 saturated heterocycles. The molecule has 9 heteroatoms. The van der Waals surface area contributed by atoms with Gasteiger partial charge in [-0.15, -0.1) is 11.3 Å². The van der Waals surface area contributed by atoms with Crippen LogP contribution in [-0.4, -0.2) is 39.6 Å². The minimum absolute atomic E-state index is 0.119. The van der Waals surface area contributed by atoms with Gasteiger partial charge < -0.3 is 15.0 Å². The second-order valence-corrected chi connectivity index (χ2v) is 10.9. The minimum atomic E-state index is -3.65.